The number of amides is 2. The molecule has 166 valence electrons. The van der Waals surface area contributed by atoms with Crippen molar-refractivity contribution in [2.24, 2.45) is 11.3 Å². The first-order chi connectivity index (χ1) is 14.5. The van der Waals surface area contributed by atoms with E-state index in [1.165, 1.54) is 0 Å². The summed E-state index contributed by atoms with van der Waals surface area (Å²) in [5.41, 5.74) is 1.15. The minimum absolute atomic E-state index is 0.0934. The SMILES string of the molecule is CC(C)COc1ccc(Br)cc1C(=O)NC(=S)Nc1cccc(NC(=O)C(C)(C)C)c1. The second-order valence-corrected chi connectivity index (χ2v) is 9.86. The second-order valence-electron chi connectivity index (χ2n) is 8.54. The number of nitrogens with one attached hydrogen (secondary N) is 3. The van der Waals surface area contributed by atoms with E-state index >= 15 is 0 Å². The van der Waals surface area contributed by atoms with E-state index < -0.39 is 5.41 Å². The van der Waals surface area contributed by atoms with Crippen molar-refractivity contribution < 1.29 is 14.3 Å². The van der Waals surface area contributed by atoms with Crippen LogP contribution in [0, 0.1) is 11.3 Å². The summed E-state index contributed by atoms with van der Waals surface area (Å²) in [6, 6.07) is 12.4. The van der Waals surface area contributed by atoms with Crippen LogP contribution in [0.3, 0.4) is 0 Å². The zero-order chi connectivity index (χ0) is 23.2. The van der Waals surface area contributed by atoms with E-state index in [2.05, 4.69) is 31.9 Å². The van der Waals surface area contributed by atoms with Crippen molar-refractivity contribution in [3.63, 3.8) is 0 Å². The molecule has 2 aromatic rings. The number of carbonyl (C=O) groups excluding carboxylic acids is 2. The highest BCUT2D eigenvalue weighted by atomic mass is 79.9. The van der Waals surface area contributed by atoms with Crippen LogP contribution in [0.5, 0.6) is 5.75 Å². The second kappa shape index (κ2) is 10.7. The van der Waals surface area contributed by atoms with Crippen molar-refractivity contribution in [3.8, 4) is 5.75 Å². The van der Waals surface area contributed by atoms with Gasteiger partial charge in [-0.2, -0.15) is 0 Å². The first-order valence-corrected chi connectivity index (χ1v) is 11.1. The number of carbonyl (C=O) groups is 2. The van der Waals surface area contributed by atoms with Crippen molar-refractivity contribution in [1.29, 1.82) is 0 Å². The van der Waals surface area contributed by atoms with Crippen LogP contribution in [-0.4, -0.2) is 23.5 Å². The number of thiocarbonyl (C=S) groups is 1. The van der Waals surface area contributed by atoms with Crippen LogP contribution in [0.1, 0.15) is 45.0 Å². The molecule has 0 heterocycles. The van der Waals surface area contributed by atoms with Crippen LogP contribution in [0.15, 0.2) is 46.9 Å². The van der Waals surface area contributed by atoms with E-state index in [1.807, 2.05) is 40.7 Å². The molecule has 8 heteroatoms. The van der Waals surface area contributed by atoms with Gasteiger partial charge in [0.05, 0.1) is 12.2 Å². The lowest BCUT2D eigenvalue weighted by molar-refractivity contribution is -0.123. The summed E-state index contributed by atoms with van der Waals surface area (Å²) >= 11 is 8.69. The van der Waals surface area contributed by atoms with E-state index in [9.17, 15) is 9.59 Å². The van der Waals surface area contributed by atoms with E-state index in [1.54, 1.807) is 36.4 Å². The van der Waals surface area contributed by atoms with Gasteiger partial charge in [-0.3, -0.25) is 14.9 Å². The van der Waals surface area contributed by atoms with E-state index in [0.29, 0.717) is 35.2 Å². The molecule has 0 fully saturated rings. The minimum Gasteiger partial charge on any atom is -0.492 e. The number of hydrogen-bond donors (Lipinski definition) is 3. The van der Waals surface area contributed by atoms with Gasteiger partial charge in [0.25, 0.3) is 5.91 Å². The maximum Gasteiger partial charge on any atom is 0.261 e. The fraction of sp³-hybridized carbons (Fsp3) is 0.348. The van der Waals surface area contributed by atoms with Crippen LogP contribution >= 0.6 is 28.1 Å². The standard InChI is InChI=1S/C23H28BrN3O3S/c1-14(2)13-30-19-10-9-15(24)11-18(19)20(28)27-22(31)26-17-8-6-7-16(12-17)25-21(29)23(3,4)5/h6-12,14H,13H2,1-5H3,(H,25,29)(H2,26,27,28,31). The molecule has 0 radical (unpaired) electrons. The molecule has 2 rings (SSSR count). The highest BCUT2D eigenvalue weighted by Gasteiger charge is 2.21. The van der Waals surface area contributed by atoms with Crippen LogP contribution in [0.2, 0.25) is 0 Å². The van der Waals surface area contributed by atoms with Crippen LogP contribution in [-0.2, 0) is 4.79 Å². The van der Waals surface area contributed by atoms with Gasteiger partial charge < -0.3 is 15.4 Å². The minimum atomic E-state index is -0.508. The average molecular weight is 506 g/mol. The molecule has 0 atom stereocenters. The highest BCUT2D eigenvalue weighted by molar-refractivity contribution is 9.10. The average Bonchev–Trinajstić information content (AvgIpc) is 2.66. The summed E-state index contributed by atoms with van der Waals surface area (Å²) in [7, 11) is 0. The Hall–Kier alpha value is -2.45. The Morgan fingerprint density at radius 1 is 1.06 bits per heavy atom. The fourth-order valence-corrected chi connectivity index (χ4v) is 2.96. The first-order valence-electron chi connectivity index (χ1n) is 9.92. The van der Waals surface area contributed by atoms with Crippen molar-refractivity contribution in [1.82, 2.24) is 5.32 Å². The zero-order valence-electron chi connectivity index (χ0n) is 18.3. The van der Waals surface area contributed by atoms with Gasteiger partial charge in [-0.15, -0.1) is 0 Å². The number of hydrogen-bond acceptors (Lipinski definition) is 4. The Bertz CT molecular complexity index is 971. The van der Waals surface area contributed by atoms with Crippen molar-refractivity contribution in [2.75, 3.05) is 17.2 Å². The van der Waals surface area contributed by atoms with Gasteiger partial charge >= 0.3 is 0 Å². The molecule has 2 aromatic carbocycles. The molecule has 0 aromatic heterocycles. The van der Waals surface area contributed by atoms with Crippen molar-refractivity contribution in [3.05, 3.63) is 52.5 Å². The molecule has 0 aliphatic carbocycles. The molecule has 0 bridgehead atoms. The Balaban J connectivity index is 2.06. The fourth-order valence-electron chi connectivity index (χ4n) is 2.39. The lowest BCUT2D eigenvalue weighted by Crippen LogP contribution is -2.34. The maximum atomic E-state index is 12.8. The molecule has 0 saturated carbocycles. The number of rotatable bonds is 6. The molecule has 6 nitrogen and oxygen atoms in total. The summed E-state index contributed by atoms with van der Waals surface area (Å²) in [6.07, 6.45) is 0. The molecule has 0 spiro atoms. The smallest absolute Gasteiger partial charge is 0.261 e. The quantitative estimate of drug-likeness (QED) is 0.445. The topological polar surface area (TPSA) is 79.5 Å². The van der Waals surface area contributed by atoms with Gasteiger partial charge in [-0.05, 0) is 54.5 Å². The Kier molecular flexibility index (Phi) is 8.59. The van der Waals surface area contributed by atoms with Gasteiger partial charge in [-0.1, -0.05) is 56.6 Å². The normalized spacial score (nSPS) is 11.1. The molecule has 31 heavy (non-hydrogen) atoms. The molecular formula is C23H28BrN3O3S. The zero-order valence-corrected chi connectivity index (χ0v) is 20.7. The number of anilines is 2. The summed E-state index contributed by atoms with van der Waals surface area (Å²) in [6.45, 7) is 10.1. The Morgan fingerprint density at radius 2 is 1.71 bits per heavy atom. The van der Waals surface area contributed by atoms with Crippen LogP contribution in [0.4, 0.5) is 11.4 Å². The van der Waals surface area contributed by atoms with Crippen LogP contribution < -0.4 is 20.7 Å². The largest absolute Gasteiger partial charge is 0.492 e. The monoisotopic (exact) mass is 505 g/mol. The summed E-state index contributed by atoms with van der Waals surface area (Å²) in [4.78, 5) is 25.0. The van der Waals surface area contributed by atoms with Gasteiger partial charge in [0.2, 0.25) is 5.91 Å². The number of ether oxygens (including phenoxy) is 1. The molecule has 0 aliphatic rings. The van der Waals surface area contributed by atoms with Gasteiger partial charge in [0, 0.05) is 21.3 Å². The van der Waals surface area contributed by atoms with E-state index in [0.717, 1.165) is 4.47 Å². The van der Waals surface area contributed by atoms with Gasteiger partial charge in [0.1, 0.15) is 5.75 Å². The molecule has 2 amide bonds. The number of halogens is 1. The third kappa shape index (κ3) is 7.95. The van der Waals surface area contributed by atoms with Crippen LogP contribution in [0.25, 0.3) is 0 Å². The predicted molar refractivity (Wildman–Crippen MR) is 133 cm³/mol. The predicted octanol–water partition coefficient (Wildman–Crippen LogP) is 5.60. The lowest BCUT2D eigenvalue weighted by atomic mass is 9.95. The third-order valence-electron chi connectivity index (χ3n) is 4.04. The summed E-state index contributed by atoms with van der Waals surface area (Å²) < 4.78 is 6.53. The Labute approximate surface area is 197 Å². The van der Waals surface area contributed by atoms with Crippen molar-refractivity contribution >= 4 is 56.4 Å². The molecule has 3 N–H and O–H groups in total. The Morgan fingerprint density at radius 3 is 2.32 bits per heavy atom. The maximum absolute atomic E-state index is 12.8. The highest BCUT2D eigenvalue weighted by Crippen LogP contribution is 2.24. The molecule has 0 aliphatic heterocycles. The summed E-state index contributed by atoms with van der Waals surface area (Å²) in [5.74, 6) is 0.344. The first kappa shape index (κ1) is 24.8. The van der Waals surface area contributed by atoms with E-state index in [-0.39, 0.29) is 16.9 Å². The van der Waals surface area contributed by atoms with Gasteiger partial charge in [0.15, 0.2) is 5.11 Å². The van der Waals surface area contributed by atoms with E-state index in [4.69, 9.17) is 17.0 Å². The number of benzene rings is 2. The van der Waals surface area contributed by atoms with Gasteiger partial charge in [-0.25, -0.2) is 0 Å². The summed E-state index contributed by atoms with van der Waals surface area (Å²) in [5, 5.41) is 8.66. The molecule has 0 saturated heterocycles. The third-order valence-corrected chi connectivity index (χ3v) is 4.74. The lowest BCUT2D eigenvalue weighted by Gasteiger charge is -2.18. The molecular weight excluding hydrogens is 478 g/mol. The van der Waals surface area contributed by atoms with Crippen molar-refractivity contribution in [2.45, 2.75) is 34.6 Å². The molecule has 0 unspecified atom stereocenters.